The SMILES string of the molecule is Cc1ccc(C)c(OCCn2cc(C#N)c3ccccc32)c1. The van der Waals surface area contributed by atoms with Crippen LogP contribution in [0.2, 0.25) is 0 Å². The molecule has 0 spiro atoms. The van der Waals surface area contributed by atoms with Crippen molar-refractivity contribution in [1.82, 2.24) is 4.57 Å². The number of aryl methyl sites for hydroxylation is 2. The van der Waals surface area contributed by atoms with Gasteiger partial charge in [-0.1, -0.05) is 30.3 Å². The molecule has 0 N–H and O–H groups in total. The number of para-hydroxylation sites is 1. The molecule has 0 saturated heterocycles. The van der Waals surface area contributed by atoms with E-state index in [-0.39, 0.29) is 0 Å². The van der Waals surface area contributed by atoms with E-state index in [9.17, 15) is 5.26 Å². The largest absolute Gasteiger partial charge is 0.491 e. The topological polar surface area (TPSA) is 38.0 Å². The molecule has 0 atom stereocenters. The van der Waals surface area contributed by atoms with Crippen molar-refractivity contribution in [3.8, 4) is 11.8 Å². The Bertz CT molecular complexity index is 855. The van der Waals surface area contributed by atoms with Gasteiger partial charge in [0.25, 0.3) is 0 Å². The minimum absolute atomic E-state index is 0.577. The highest BCUT2D eigenvalue weighted by Crippen LogP contribution is 2.22. The number of hydrogen-bond donors (Lipinski definition) is 0. The predicted molar refractivity (Wildman–Crippen MR) is 88.1 cm³/mol. The van der Waals surface area contributed by atoms with Crippen LogP contribution in [0, 0.1) is 25.2 Å². The highest BCUT2D eigenvalue weighted by Gasteiger charge is 2.07. The zero-order chi connectivity index (χ0) is 15.5. The second-order valence-corrected chi connectivity index (χ2v) is 5.48. The first kappa shape index (κ1) is 14.2. The van der Waals surface area contributed by atoms with Crippen LogP contribution in [0.15, 0.2) is 48.7 Å². The lowest BCUT2D eigenvalue weighted by Gasteiger charge is -2.11. The summed E-state index contributed by atoms with van der Waals surface area (Å²) in [6.45, 7) is 5.40. The Labute approximate surface area is 130 Å². The molecule has 2 aromatic carbocycles. The zero-order valence-electron chi connectivity index (χ0n) is 12.8. The van der Waals surface area contributed by atoms with E-state index in [1.165, 1.54) is 5.56 Å². The van der Waals surface area contributed by atoms with Gasteiger partial charge in [-0.25, -0.2) is 0 Å². The van der Waals surface area contributed by atoms with Gasteiger partial charge in [0.05, 0.1) is 12.1 Å². The van der Waals surface area contributed by atoms with Gasteiger partial charge < -0.3 is 9.30 Å². The lowest BCUT2D eigenvalue weighted by atomic mass is 10.1. The first-order chi connectivity index (χ1) is 10.7. The molecule has 3 nitrogen and oxygen atoms in total. The van der Waals surface area contributed by atoms with E-state index in [4.69, 9.17) is 4.74 Å². The summed E-state index contributed by atoms with van der Waals surface area (Å²) in [6, 6.07) is 16.4. The molecule has 0 fully saturated rings. The van der Waals surface area contributed by atoms with Gasteiger partial charge in [-0.15, -0.1) is 0 Å². The zero-order valence-corrected chi connectivity index (χ0v) is 12.8. The maximum absolute atomic E-state index is 9.22. The third-order valence-corrected chi connectivity index (χ3v) is 3.84. The van der Waals surface area contributed by atoms with Gasteiger partial charge in [0.15, 0.2) is 0 Å². The lowest BCUT2D eigenvalue weighted by Crippen LogP contribution is -2.08. The van der Waals surface area contributed by atoms with Gasteiger partial charge in [-0.2, -0.15) is 5.26 Å². The van der Waals surface area contributed by atoms with Crippen molar-refractivity contribution < 1.29 is 4.74 Å². The fourth-order valence-corrected chi connectivity index (χ4v) is 2.64. The summed E-state index contributed by atoms with van der Waals surface area (Å²) in [4.78, 5) is 0. The molecule has 0 aliphatic heterocycles. The second kappa shape index (κ2) is 5.95. The summed E-state index contributed by atoms with van der Waals surface area (Å²) in [6.07, 6.45) is 1.90. The number of ether oxygens (including phenoxy) is 1. The number of aromatic nitrogens is 1. The first-order valence-electron chi connectivity index (χ1n) is 7.37. The Morgan fingerprint density at radius 1 is 1.14 bits per heavy atom. The third kappa shape index (κ3) is 2.68. The van der Waals surface area contributed by atoms with Crippen molar-refractivity contribution >= 4 is 10.9 Å². The molecule has 1 aromatic heterocycles. The summed E-state index contributed by atoms with van der Waals surface area (Å²) in [7, 11) is 0. The minimum atomic E-state index is 0.577. The lowest BCUT2D eigenvalue weighted by molar-refractivity contribution is 0.298. The van der Waals surface area contributed by atoms with E-state index in [0.717, 1.165) is 28.8 Å². The highest BCUT2D eigenvalue weighted by atomic mass is 16.5. The van der Waals surface area contributed by atoms with Gasteiger partial charge in [0.1, 0.15) is 18.4 Å². The van der Waals surface area contributed by atoms with Crippen molar-refractivity contribution in [2.45, 2.75) is 20.4 Å². The third-order valence-electron chi connectivity index (χ3n) is 3.84. The highest BCUT2D eigenvalue weighted by molar-refractivity contribution is 5.86. The van der Waals surface area contributed by atoms with Crippen LogP contribution in [-0.4, -0.2) is 11.2 Å². The van der Waals surface area contributed by atoms with Crippen LogP contribution in [0.25, 0.3) is 10.9 Å². The molecular weight excluding hydrogens is 272 g/mol. The molecule has 110 valence electrons. The van der Waals surface area contributed by atoms with Crippen LogP contribution in [0.4, 0.5) is 0 Å². The van der Waals surface area contributed by atoms with Crippen LogP contribution < -0.4 is 4.74 Å². The molecule has 1 heterocycles. The van der Waals surface area contributed by atoms with Gasteiger partial charge in [0.2, 0.25) is 0 Å². The Balaban J connectivity index is 1.77. The molecule has 0 aliphatic carbocycles. The number of benzene rings is 2. The standard InChI is InChI=1S/C19H18N2O/c1-14-7-8-15(2)19(11-14)22-10-9-21-13-16(12-20)17-5-3-4-6-18(17)21/h3-8,11,13H,9-10H2,1-2H3. The van der Waals surface area contributed by atoms with Crippen molar-refractivity contribution in [1.29, 1.82) is 5.26 Å². The molecule has 0 unspecified atom stereocenters. The van der Waals surface area contributed by atoms with Gasteiger partial charge >= 0.3 is 0 Å². The summed E-state index contributed by atoms with van der Waals surface area (Å²) < 4.78 is 7.99. The van der Waals surface area contributed by atoms with Crippen LogP contribution in [0.1, 0.15) is 16.7 Å². The molecule has 0 saturated carbocycles. The quantitative estimate of drug-likeness (QED) is 0.722. The van der Waals surface area contributed by atoms with Crippen LogP contribution in [0.5, 0.6) is 5.75 Å². The van der Waals surface area contributed by atoms with E-state index in [1.54, 1.807) is 0 Å². The average Bonchev–Trinajstić information content (AvgIpc) is 2.89. The summed E-state index contributed by atoms with van der Waals surface area (Å²) >= 11 is 0. The number of hydrogen-bond acceptors (Lipinski definition) is 2. The van der Waals surface area contributed by atoms with Crippen LogP contribution >= 0.6 is 0 Å². The maximum atomic E-state index is 9.22. The second-order valence-electron chi connectivity index (χ2n) is 5.48. The van der Waals surface area contributed by atoms with Crippen LogP contribution in [-0.2, 0) is 6.54 Å². The molecule has 0 radical (unpaired) electrons. The monoisotopic (exact) mass is 290 g/mol. The average molecular weight is 290 g/mol. The normalized spacial score (nSPS) is 10.6. The molecule has 22 heavy (non-hydrogen) atoms. The summed E-state index contributed by atoms with van der Waals surface area (Å²) in [5.74, 6) is 0.928. The molecular formula is C19H18N2O. The van der Waals surface area contributed by atoms with E-state index in [2.05, 4.69) is 35.8 Å². The molecule has 0 aliphatic rings. The molecule has 3 heteroatoms. The maximum Gasteiger partial charge on any atom is 0.122 e. The fraction of sp³-hybridized carbons (Fsp3) is 0.211. The fourth-order valence-electron chi connectivity index (χ4n) is 2.64. The van der Waals surface area contributed by atoms with Crippen molar-refractivity contribution in [2.24, 2.45) is 0 Å². The van der Waals surface area contributed by atoms with E-state index in [0.29, 0.717) is 12.2 Å². The molecule has 0 bridgehead atoms. The van der Waals surface area contributed by atoms with Crippen molar-refractivity contribution in [3.63, 3.8) is 0 Å². The Kier molecular flexibility index (Phi) is 3.84. The van der Waals surface area contributed by atoms with Crippen molar-refractivity contribution in [3.05, 3.63) is 65.4 Å². The Morgan fingerprint density at radius 3 is 2.77 bits per heavy atom. The first-order valence-corrected chi connectivity index (χ1v) is 7.37. The predicted octanol–water partition coefficient (Wildman–Crippen LogP) is 4.21. The van der Waals surface area contributed by atoms with Gasteiger partial charge in [-0.3, -0.25) is 0 Å². The smallest absolute Gasteiger partial charge is 0.122 e. The molecule has 3 rings (SSSR count). The van der Waals surface area contributed by atoms with Crippen molar-refractivity contribution in [2.75, 3.05) is 6.61 Å². The van der Waals surface area contributed by atoms with Gasteiger partial charge in [0, 0.05) is 17.1 Å². The summed E-state index contributed by atoms with van der Waals surface area (Å²) in [5, 5.41) is 10.2. The minimum Gasteiger partial charge on any atom is -0.491 e. The summed E-state index contributed by atoms with van der Waals surface area (Å²) in [5.41, 5.74) is 4.12. The Hall–Kier alpha value is -2.73. The molecule has 3 aromatic rings. The number of nitrogens with zero attached hydrogens (tertiary/aromatic N) is 2. The molecule has 0 amide bonds. The number of rotatable bonds is 4. The Morgan fingerprint density at radius 2 is 1.95 bits per heavy atom. The number of fused-ring (bicyclic) bond motifs is 1. The van der Waals surface area contributed by atoms with E-state index >= 15 is 0 Å². The van der Waals surface area contributed by atoms with E-state index in [1.807, 2.05) is 37.4 Å². The van der Waals surface area contributed by atoms with Crippen LogP contribution in [0.3, 0.4) is 0 Å². The van der Waals surface area contributed by atoms with Gasteiger partial charge in [-0.05, 0) is 37.1 Å². The van der Waals surface area contributed by atoms with E-state index < -0.39 is 0 Å². The number of nitriles is 1.